The zero-order valence-corrected chi connectivity index (χ0v) is 11.7. The Morgan fingerprint density at radius 1 is 1.47 bits per heavy atom. The molecule has 0 bridgehead atoms. The number of piperidine rings is 1. The molecule has 1 fully saturated rings. The summed E-state index contributed by atoms with van der Waals surface area (Å²) in [6, 6.07) is 2.85. The van der Waals surface area contributed by atoms with Crippen LogP contribution >= 0.6 is 0 Å². The Labute approximate surface area is 113 Å². The molecule has 0 radical (unpaired) electrons. The van der Waals surface area contributed by atoms with Crippen LogP contribution in [0.15, 0.2) is 23.2 Å². The number of hydrogen-bond acceptors (Lipinski definition) is 5. The molecular weight excluding hydrogens is 266 g/mol. The normalized spacial score (nSPS) is 21.3. The summed E-state index contributed by atoms with van der Waals surface area (Å²) < 4.78 is 26.4. The molecule has 0 amide bonds. The molecular formula is C12H19N3O3S. The maximum Gasteiger partial charge on any atom is 0.244 e. The van der Waals surface area contributed by atoms with Gasteiger partial charge in [-0.2, -0.15) is 4.31 Å². The Kier molecular flexibility index (Phi) is 4.38. The van der Waals surface area contributed by atoms with E-state index < -0.39 is 10.0 Å². The maximum absolute atomic E-state index is 12.5. The second kappa shape index (κ2) is 5.85. The molecule has 1 unspecified atom stereocenters. The van der Waals surface area contributed by atoms with E-state index in [0.717, 1.165) is 12.8 Å². The van der Waals surface area contributed by atoms with Gasteiger partial charge in [0, 0.05) is 25.8 Å². The van der Waals surface area contributed by atoms with Crippen molar-refractivity contribution in [3.8, 4) is 0 Å². The van der Waals surface area contributed by atoms with Gasteiger partial charge in [0.15, 0.2) is 0 Å². The van der Waals surface area contributed by atoms with Crippen molar-refractivity contribution in [2.45, 2.75) is 30.2 Å². The molecule has 6 nitrogen and oxygen atoms in total. The number of aromatic nitrogens is 1. The molecule has 1 atom stereocenters. The van der Waals surface area contributed by atoms with Crippen molar-refractivity contribution in [3.05, 3.63) is 18.3 Å². The van der Waals surface area contributed by atoms with Crippen LogP contribution in [-0.4, -0.2) is 49.1 Å². The van der Waals surface area contributed by atoms with Crippen LogP contribution in [0.3, 0.4) is 0 Å². The highest BCUT2D eigenvalue weighted by Gasteiger charge is 2.33. The van der Waals surface area contributed by atoms with Gasteiger partial charge in [0.05, 0.1) is 6.61 Å². The van der Waals surface area contributed by atoms with Gasteiger partial charge < -0.3 is 10.4 Å². The van der Waals surface area contributed by atoms with E-state index in [4.69, 9.17) is 0 Å². The van der Waals surface area contributed by atoms with Crippen LogP contribution in [0.5, 0.6) is 0 Å². The Morgan fingerprint density at radius 3 is 2.84 bits per heavy atom. The lowest BCUT2D eigenvalue weighted by molar-refractivity contribution is 0.155. The third kappa shape index (κ3) is 2.88. The molecule has 2 heterocycles. The van der Waals surface area contributed by atoms with E-state index in [0.29, 0.717) is 18.8 Å². The van der Waals surface area contributed by atoms with Gasteiger partial charge in [-0.15, -0.1) is 0 Å². The zero-order chi connectivity index (χ0) is 13.9. The minimum absolute atomic E-state index is 0.138. The van der Waals surface area contributed by atoms with Crippen molar-refractivity contribution in [2.24, 2.45) is 0 Å². The predicted molar refractivity (Wildman–Crippen MR) is 72.4 cm³/mol. The lowest BCUT2D eigenvalue weighted by Crippen LogP contribution is -2.45. The topological polar surface area (TPSA) is 82.5 Å². The summed E-state index contributed by atoms with van der Waals surface area (Å²) >= 11 is 0. The Bertz CT molecular complexity index is 516. The fourth-order valence-electron chi connectivity index (χ4n) is 2.29. The zero-order valence-electron chi connectivity index (χ0n) is 10.9. The van der Waals surface area contributed by atoms with Crippen molar-refractivity contribution in [1.29, 1.82) is 0 Å². The largest absolute Gasteiger partial charge is 0.395 e. The van der Waals surface area contributed by atoms with Gasteiger partial charge in [0.1, 0.15) is 10.7 Å². The molecule has 19 heavy (non-hydrogen) atoms. The van der Waals surface area contributed by atoms with Gasteiger partial charge in [-0.05, 0) is 25.0 Å². The first-order valence-corrected chi connectivity index (χ1v) is 7.80. The first-order valence-electron chi connectivity index (χ1n) is 6.36. The highest BCUT2D eigenvalue weighted by atomic mass is 32.2. The van der Waals surface area contributed by atoms with Gasteiger partial charge in [-0.1, -0.05) is 6.42 Å². The summed E-state index contributed by atoms with van der Waals surface area (Å²) in [6.07, 6.45) is 3.84. The molecule has 1 aromatic rings. The smallest absolute Gasteiger partial charge is 0.244 e. The lowest BCUT2D eigenvalue weighted by Gasteiger charge is -2.33. The van der Waals surface area contributed by atoms with E-state index in [1.165, 1.54) is 16.6 Å². The molecule has 2 N–H and O–H groups in total. The van der Waals surface area contributed by atoms with Crippen LogP contribution in [0.4, 0.5) is 5.82 Å². The quantitative estimate of drug-likeness (QED) is 0.849. The summed E-state index contributed by atoms with van der Waals surface area (Å²) in [5, 5.41) is 12.2. The van der Waals surface area contributed by atoms with Crippen LogP contribution in [0.1, 0.15) is 19.3 Å². The van der Waals surface area contributed by atoms with Crippen LogP contribution in [-0.2, 0) is 10.0 Å². The molecule has 7 heteroatoms. The molecule has 1 aliphatic rings. The van der Waals surface area contributed by atoms with Gasteiger partial charge in [-0.25, -0.2) is 13.4 Å². The fourth-order valence-corrected chi connectivity index (χ4v) is 3.92. The number of sulfonamides is 1. The second-order valence-electron chi connectivity index (χ2n) is 4.58. The molecule has 0 aliphatic carbocycles. The van der Waals surface area contributed by atoms with Gasteiger partial charge in [0.2, 0.25) is 10.0 Å². The molecule has 0 spiro atoms. The number of anilines is 1. The maximum atomic E-state index is 12.5. The number of nitrogens with zero attached hydrogens (tertiary/aromatic N) is 2. The van der Waals surface area contributed by atoms with E-state index >= 15 is 0 Å². The molecule has 1 saturated heterocycles. The first kappa shape index (κ1) is 14.2. The molecule has 106 valence electrons. The lowest BCUT2D eigenvalue weighted by atomic mass is 10.1. The van der Waals surface area contributed by atoms with Gasteiger partial charge in [0.25, 0.3) is 0 Å². The summed E-state index contributed by atoms with van der Waals surface area (Å²) in [4.78, 5) is 4.20. The Hall–Kier alpha value is -1.18. The summed E-state index contributed by atoms with van der Waals surface area (Å²) in [5.74, 6) is 0.622. The van der Waals surface area contributed by atoms with E-state index in [2.05, 4.69) is 10.3 Å². The average molecular weight is 285 g/mol. The summed E-state index contributed by atoms with van der Waals surface area (Å²) in [7, 11) is -1.84. The molecule has 0 aromatic carbocycles. The summed E-state index contributed by atoms with van der Waals surface area (Å²) in [6.45, 7) is 0.322. The molecule has 1 aliphatic heterocycles. The number of aliphatic hydroxyl groups is 1. The standard InChI is InChI=1S/C12H19N3O3S/c1-13-12-6-5-11(8-14-12)19(17,18)15-7-3-2-4-10(15)9-16/h5-6,8,10,16H,2-4,7,9H2,1H3,(H,13,14). The number of hydrogen-bond donors (Lipinski definition) is 2. The second-order valence-corrected chi connectivity index (χ2v) is 6.47. The predicted octanol–water partition coefficient (Wildman–Crippen LogP) is 0.659. The van der Waals surface area contributed by atoms with Crippen molar-refractivity contribution >= 4 is 15.8 Å². The minimum Gasteiger partial charge on any atom is -0.395 e. The van der Waals surface area contributed by atoms with Crippen LogP contribution in [0, 0.1) is 0 Å². The van der Waals surface area contributed by atoms with Crippen molar-refractivity contribution in [3.63, 3.8) is 0 Å². The third-order valence-electron chi connectivity index (χ3n) is 3.38. The average Bonchev–Trinajstić information content (AvgIpc) is 2.47. The van der Waals surface area contributed by atoms with Crippen LogP contribution < -0.4 is 5.32 Å². The minimum atomic E-state index is -3.57. The fraction of sp³-hybridized carbons (Fsp3) is 0.583. The van der Waals surface area contributed by atoms with Crippen molar-refractivity contribution < 1.29 is 13.5 Å². The molecule has 0 saturated carbocycles. The Balaban J connectivity index is 2.29. The molecule has 1 aromatic heterocycles. The number of rotatable bonds is 4. The number of aliphatic hydroxyl groups excluding tert-OH is 1. The van der Waals surface area contributed by atoms with E-state index in [1.807, 2.05) is 0 Å². The number of nitrogens with one attached hydrogen (secondary N) is 1. The van der Waals surface area contributed by atoms with Crippen molar-refractivity contribution in [2.75, 3.05) is 25.5 Å². The summed E-state index contributed by atoms with van der Waals surface area (Å²) in [5.41, 5.74) is 0. The van der Waals surface area contributed by atoms with E-state index in [9.17, 15) is 13.5 Å². The Morgan fingerprint density at radius 2 is 2.26 bits per heavy atom. The molecule has 2 rings (SSSR count). The highest BCUT2D eigenvalue weighted by Crippen LogP contribution is 2.25. The van der Waals surface area contributed by atoms with Crippen molar-refractivity contribution in [1.82, 2.24) is 9.29 Å². The third-order valence-corrected chi connectivity index (χ3v) is 5.32. The number of pyridine rings is 1. The van der Waals surface area contributed by atoms with E-state index in [-0.39, 0.29) is 17.5 Å². The van der Waals surface area contributed by atoms with Gasteiger partial charge in [-0.3, -0.25) is 0 Å². The first-order chi connectivity index (χ1) is 9.09. The highest BCUT2D eigenvalue weighted by molar-refractivity contribution is 7.89. The SMILES string of the molecule is CNc1ccc(S(=O)(=O)N2CCCCC2CO)cn1. The van der Waals surface area contributed by atoms with Crippen LogP contribution in [0.25, 0.3) is 0 Å². The van der Waals surface area contributed by atoms with Gasteiger partial charge >= 0.3 is 0 Å². The van der Waals surface area contributed by atoms with Crippen LogP contribution in [0.2, 0.25) is 0 Å². The van der Waals surface area contributed by atoms with E-state index in [1.54, 1.807) is 13.1 Å². The monoisotopic (exact) mass is 285 g/mol.